The van der Waals surface area contributed by atoms with E-state index in [1.54, 1.807) is 11.9 Å². The van der Waals surface area contributed by atoms with Gasteiger partial charge in [-0.1, -0.05) is 11.6 Å². The molecule has 1 amide bonds. The molecule has 1 aromatic heterocycles. The maximum Gasteiger partial charge on any atom is 0.410 e. The van der Waals surface area contributed by atoms with Crippen molar-refractivity contribution in [3.63, 3.8) is 0 Å². The van der Waals surface area contributed by atoms with Crippen molar-refractivity contribution in [3.05, 3.63) is 11.5 Å². The van der Waals surface area contributed by atoms with Gasteiger partial charge in [0.15, 0.2) is 11.0 Å². The smallest absolute Gasteiger partial charge is 0.410 e. The topological polar surface area (TPSA) is 79.4 Å². The van der Waals surface area contributed by atoms with Gasteiger partial charge in [-0.05, 0) is 26.7 Å². The summed E-state index contributed by atoms with van der Waals surface area (Å²) < 4.78 is 5.21. The van der Waals surface area contributed by atoms with Gasteiger partial charge in [0.1, 0.15) is 12.0 Å². The predicted octanol–water partition coefficient (Wildman–Crippen LogP) is 2.59. The first-order valence-corrected chi connectivity index (χ1v) is 7.79. The van der Waals surface area contributed by atoms with E-state index in [2.05, 4.69) is 20.6 Å². The highest BCUT2D eigenvalue weighted by Gasteiger charge is 2.25. The molecule has 22 heavy (non-hydrogen) atoms. The van der Waals surface area contributed by atoms with Gasteiger partial charge in [-0.2, -0.15) is 0 Å². The van der Waals surface area contributed by atoms with E-state index in [0.717, 1.165) is 12.8 Å². The lowest BCUT2D eigenvalue weighted by molar-refractivity contribution is 0.0701. The summed E-state index contributed by atoms with van der Waals surface area (Å²) in [6, 6.07) is 0.237. The Labute approximate surface area is 135 Å². The van der Waals surface area contributed by atoms with Crippen LogP contribution in [-0.2, 0) is 4.74 Å². The molecule has 0 atom stereocenters. The first-order valence-electron chi connectivity index (χ1n) is 7.41. The van der Waals surface area contributed by atoms with E-state index in [1.807, 2.05) is 13.8 Å². The Morgan fingerprint density at radius 3 is 2.68 bits per heavy atom. The number of anilines is 2. The summed E-state index contributed by atoms with van der Waals surface area (Å²) >= 11 is 6.04. The number of rotatable bonds is 4. The van der Waals surface area contributed by atoms with Crippen molar-refractivity contribution in [3.8, 4) is 0 Å². The third-order valence-electron chi connectivity index (χ3n) is 3.48. The van der Waals surface area contributed by atoms with Crippen molar-refractivity contribution in [2.75, 3.05) is 30.8 Å². The van der Waals surface area contributed by atoms with Gasteiger partial charge in [-0.15, -0.1) is 0 Å². The molecule has 1 saturated heterocycles. The van der Waals surface area contributed by atoms with Crippen LogP contribution < -0.4 is 10.6 Å². The number of likely N-dealkylation sites (tertiary alicyclic amines) is 1. The maximum atomic E-state index is 11.9. The van der Waals surface area contributed by atoms with Crippen molar-refractivity contribution in [2.24, 2.45) is 0 Å². The van der Waals surface area contributed by atoms with Gasteiger partial charge in [-0.25, -0.2) is 14.8 Å². The molecule has 1 fully saturated rings. The first-order chi connectivity index (χ1) is 10.5. The normalized spacial score (nSPS) is 15.8. The second kappa shape index (κ2) is 7.49. The molecule has 1 aromatic rings. The van der Waals surface area contributed by atoms with Crippen molar-refractivity contribution in [1.29, 1.82) is 0 Å². The highest BCUT2D eigenvalue weighted by atomic mass is 35.5. The maximum absolute atomic E-state index is 11.9. The van der Waals surface area contributed by atoms with Crippen molar-refractivity contribution in [1.82, 2.24) is 14.9 Å². The molecule has 0 spiro atoms. The number of aromatic nitrogens is 2. The second-order valence-corrected chi connectivity index (χ2v) is 5.83. The molecule has 2 N–H and O–H groups in total. The van der Waals surface area contributed by atoms with E-state index in [9.17, 15) is 4.79 Å². The fourth-order valence-corrected chi connectivity index (χ4v) is 2.60. The molecule has 2 rings (SSSR count). The summed E-state index contributed by atoms with van der Waals surface area (Å²) in [7, 11) is 1.78. The fraction of sp³-hybridized carbons (Fsp3) is 0.643. The summed E-state index contributed by atoms with van der Waals surface area (Å²) in [5.74, 6) is 0.686. The van der Waals surface area contributed by atoms with Crippen LogP contribution in [0.2, 0.25) is 5.15 Å². The molecule has 0 saturated carbocycles. The zero-order chi connectivity index (χ0) is 16.1. The fourth-order valence-electron chi connectivity index (χ4n) is 2.37. The Balaban J connectivity index is 1.90. The van der Waals surface area contributed by atoms with Crippen molar-refractivity contribution < 1.29 is 9.53 Å². The van der Waals surface area contributed by atoms with Crippen LogP contribution in [0.25, 0.3) is 0 Å². The van der Waals surface area contributed by atoms with Crippen LogP contribution in [0.15, 0.2) is 6.33 Å². The Morgan fingerprint density at radius 2 is 2.09 bits per heavy atom. The zero-order valence-corrected chi connectivity index (χ0v) is 13.9. The lowest BCUT2D eigenvalue weighted by atomic mass is 10.1. The number of piperidine rings is 1. The van der Waals surface area contributed by atoms with E-state index in [4.69, 9.17) is 16.3 Å². The Kier molecular flexibility index (Phi) is 5.65. The minimum absolute atomic E-state index is 0.0929. The summed E-state index contributed by atoms with van der Waals surface area (Å²) in [6.45, 7) is 5.03. The number of halogens is 1. The average molecular weight is 328 g/mol. The first kappa shape index (κ1) is 16.6. The van der Waals surface area contributed by atoms with Crippen molar-refractivity contribution in [2.45, 2.75) is 38.8 Å². The van der Waals surface area contributed by atoms with Crippen LogP contribution in [0.3, 0.4) is 0 Å². The molecular weight excluding hydrogens is 306 g/mol. The molecular formula is C14H22ClN5O2. The Morgan fingerprint density at radius 1 is 1.41 bits per heavy atom. The molecule has 2 heterocycles. The lowest BCUT2D eigenvalue weighted by Gasteiger charge is -2.32. The van der Waals surface area contributed by atoms with Gasteiger partial charge in [-0.3, -0.25) is 0 Å². The third kappa shape index (κ3) is 4.13. The summed E-state index contributed by atoms with van der Waals surface area (Å²) in [5, 5.41) is 6.75. The SMILES string of the molecule is CNc1c(Cl)ncnc1NC1CCN(C(=O)OC(C)C)CC1. The summed E-state index contributed by atoms with van der Waals surface area (Å²) in [6.07, 6.45) is 2.76. The van der Waals surface area contributed by atoms with E-state index < -0.39 is 0 Å². The van der Waals surface area contributed by atoms with Gasteiger partial charge >= 0.3 is 6.09 Å². The standard InChI is InChI=1S/C14H22ClN5O2/c1-9(2)22-14(21)20-6-4-10(5-7-20)19-13-11(16-3)12(15)17-8-18-13/h8-10,16H,4-7H2,1-3H3,(H,17,18,19). The minimum Gasteiger partial charge on any atom is -0.447 e. The average Bonchev–Trinajstić information content (AvgIpc) is 2.47. The lowest BCUT2D eigenvalue weighted by Crippen LogP contribution is -2.43. The number of carbonyl (C=O) groups is 1. The quantitative estimate of drug-likeness (QED) is 0.827. The molecule has 0 bridgehead atoms. The summed E-state index contributed by atoms with van der Waals surface area (Å²) in [5.41, 5.74) is 0.686. The van der Waals surface area contributed by atoms with Crippen LogP contribution in [0.4, 0.5) is 16.3 Å². The zero-order valence-electron chi connectivity index (χ0n) is 13.1. The van der Waals surface area contributed by atoms with Crippen molar-refractivity contribution >= 4 is 29.2 Å². The molecule has 1 aliphatic rings. The largest absolute Gasteiger partial charge is 0.447 e. The molecule has 7 nitrogen and oxygen atoms in total. The second-order valence-electron chi connectivity index (χ2n) is 5.48. The highest BCUT2D eigenvalue weighted by Crippen LogP contribution is 2.27. The number of amides is 1. The Hall–Kier alpha value is -1.76. The van der Waals surface area contributed by atoms with Gasteiger partial charge in [0, 0.05) is 26.2 Å². The van der Waals surface area contributed by atoms with Crippen LogP contribution in [-0.4, -0.2) is 53.2 Å². The number of ether oxygens (including phenoxy) is 1. The highest BCUT2D eigenvalue weighted by molar-refractivity contribution is 6.32. The Bertz CT molecular complexity index is 518. The molecule has 8 heteroatoms. The van der Waals surface area contributed by atoms with Gasteiger partial charge in [0.05, 0.1) is 6.10 Å². The van der Waals surface area contributed by atoms with Gasteiger partial charge in [0.25, 0.3) is 0 Å². The van der Waals surface area contributed by atoms with Crippen LogP contribution in [0.1, 0.15) is 26.7 Å². The molecule has 0 unspecified atom stereocenters. The van der Waals surface area contributed by atoms with E-state index >= 15 is 0 Å². The molecule has 0 radical (unpaired) electrons. The van der Waals surface area contributed by atoms with E-state index in [1.165, 1.54) is 6.33 Å². The van der Waals surface area contributed by atoms with Crippen LogP contribution in [0.5, 0.6) is 0 Å². The van der Waals surface area contributed by atoms with Gasteiger partial charge < -0.3 is 20.3 Å². The number of nitrogens with zero attached hydrogens (tertiary/aromatic N) is 3. The van der Waals surface area contributed by atoms with E-state index in [-0.39, 0.29) is 18.2 Å². The molecule has 1 aliphatic heterocycles. The number of nitrogens with one attached hydrogen (secondary N) is 2. The predicted molar refractivity (Wildman–Crippen MR) is 86.4 cm³/mol. The molecule has 0 aliphatic carbocycles. The minimum atomic E-state index is -0.241. The number of hydrogen-bond donors (Lipinski definition) is 2. The molecule has 0 aromatic carbocycles. The summed E-state index contributed by atoms with van der Waals surface area (Å²) in [4.78, 5) is 21.8. The van der Waals surface area contributed by atoms with Gasteiger partial charge in [0.2, 0.25) is 0 Å². The number of hydrogen-bond acceptors (Lipinski definition) is 6. The monoisotopic (exact) mass is 327 g/mol. The van der Waals surface area contributed by atoms with E-state index in [0.29, 0.717) is 29.7 Å². The van der Waals surface area contributed by atoms with Crippen LogP contribution >= 0.6 is 11.6 Å². The third-order valence-corrected chi connectivity index (χ3v) is 3.77. The molecule has 122 valence electrons. The van der Waals surface area contributed by atoms with Crippen LogP contribution in [0, 0.1) is 0 Å². The number of carbonyl (C=O) groups excluding carboxylic acids is 1.